The zero-order valence-electron chi connectivity index (χ0n) is 13.4. The van der Waals surface area contributed by atoms with E-state index >= 15 is 0 Å². The van der Waals surface area contributed by atoms with Gasteiger partial charge in [-0.3, -0.25) is 4.79 Å². The number of benzene rings is 2. The minimum atomic E-state index is -0.276. The Bertz CT molecular complexity index is 752. The van der Waals surface area contributed by atoms with E-state index in [2.05, 4.69) is 6.92 Å². The fourth-order valence-corrected chi connectivity index (χ4v) is 2.36. The van der Waals surface area contributed by atoms with Gasteiger partial charge in [0.15, 0.2) is 0 Å². The van der Waals surface area contributed by atoms with E-state index in [0.717, 1.165) is 12.8 Å². The van der Waals surface area contributed by atoms with Crippen molar-refractivity contribution in [2.24, 2.45) is 0 Å². The third-order valence-corrected chi connectivity index (χ3v) is 3.56. The van der Waals surface area contributed by atoms with Crippen molar-refractivity contribution < 1.29 is 9.53 Å². The van der Waals surface area contributed by atoms with Crippen LogP contribution in [0.15, 0.2) is 54.1 Å². The molecule has 2 aromatic rings. The SMILES string of the molecule is CCCc1ccc(C(=O)/C(C#N)=C/c2ccccc2OC)cc1. The third-order valence-electron chi connectivity index (χ3n) is 3.56. The van der Waals surface area contributed by atoms with Crippen LogP contribution in [0.25, 0.3) is 6.08 Å². The monoisotopic (exact) mass is 305 g/mol. The second-order valence-electron chi connectivity index (χ2n) is 5.19. The first-order valence-corrected chi connectivity index (χ1v) is 7.58. The summed E-state index contributed by atoms with van der Waals surface area (Å²) in [6, 6.07) is 16.7. The molecule has 0 saturated carbocycles. The van der Waals surface area contributed by atoms with E-state index in [4.69, 9.17) is 4.74 Å². The Hall–Kier alpha value is -2.86. The summed E-state index contributed by atoms with van der Waals surface area (Å²) in [6.07, 6.45) is 3.61. The summed E-state index contributed by atoms with van der Waals surface area (Å²) in [7, 11) is 1.56. The summed E-state index contributed by atoms with van der Waals surface area (Å²) in [5, 5.41) is 9.34. The number of nitrogens with zero attached hydrogens (tertiary/aromatic N) is 1. The molecule has 0 aliphatic rings. The maximum absolute atomic E-state index is 12.5. The molecule has 0 bridgehead atoms. The Balaban J connectivity index is 2.31. The van der Waals surface area contributed by atoms with E-state index in [1.165, 1.54) is 5.56 Å². The van der Waals surface area contributed by atoms with Crippen molar-refractivity contribution in [2.45, 2.75) is 19.8 Å². The minimum absolute atomic E-state index is 0.0951. The van der Waals surface area contributed by atoms with Crippen molar-refractivity contribution in [1.29, 1.82) is 5.26 Å². The van der Waals surface area contributed by atoms with Gasteiger partial charge in [-0.25, -0.2) is 0 Å². The van der Waals surface area contributed by atoms with E-state index in [1.54, 1.807) is 31.4 Å². The average molecular weight is 305 g/mol. The highest BCUT2D eigenvalue weighted by molar-refractivity contribution is 6.14. The highest BCUT2D eigenvalue weighted by Gasteiger charge is 2.13. The van der Waals surface area contributed by atoms with Gasteiger partial charge in [0.05, 0.1) is 7.11 Å². The second kappa shape index (κ2) is 7.95. The Labute approximate surface area is 136 Å². The van der Waals surface area contributed by atoms with E-state index in [-0.39, 0.29) is 11.4 Å². The minimum Gasteiger partial charge on any atom is -0.496 e. The van der Waals surface area contributed by atoms with E-state index in [0.29, 0.717) is 16.9 Å². The number of Topliss-reactive ketones (excluding diaryl/α,β-unsaturated/α-hetero) is 1. The number of aryl methyl sites for hydroxylation is 1. The number of allylic oxidation sites excluding steroid dienone is 1. The predicted octanol–water partition coefficient (Wildman–Crippen LogP) is 4.44. The molecule has 2 aromatic carbocycles. The molecule has 2 rings (SSSR count). The second-order valence-corrected chi connectivity index (χ2v) is 5.19. The van der Waals surface area contributed by atoms with Crippen LogP contribution in [0.5, 0.6) is 5.75 Å². The largest absolute Gasteiger partial charge is 0.496 e. The maximum atomic E-state index is 12.5. The van der Waals surface area contributed by atoms with Gasteiger partial charge in [-0.2, -0.15) is 5.26 Å². The van der Waals surface area contributed by atoms with Gasteiger partial charge < -0.3 is 4.74 Å². The summed E-state index contributed by atoms with van der Waals surface area (Å²) in [5.41, 5.74) is 2.52. The van der Waals surface area contributed by atoms with E-state index < -0.39 is 0 Å². The zero-order valence-corrected chi connectivity index (χ0v) is 13.4. The van der Waals surface area contributed by atoms with Crippen molar-refractivity contribution in [3.05, 3.63) is 70.8 Å². The molecule has 0 heterocycles. The van der Waals surface area contributed by atoms with Crippen LogP contribution in [0.4, 0.5) is 0 Å². The molecule has 116 valence electrons. The first-order valence-electron chi connectivity index (χ1n) is 7.58. The van der Waals surface area contributed by atoms with E-state index in [9.17, 15) is 10.1 Å². The van der Waals surface area contributed by atoms with Gasteiger partial charge in [-0.05, 0) is 24.1 Å². The first kappa shape index (κ1) is 16.5. The highest BCUT2D eigenvalue weighted by atomic mass is 16.5. The molecular formula is C20H19NO2. The molecule has 0 aliphatic carbocycles. The van der Waals surface area contributed by atoms with Crippen LogP contribution in [0, 0.1) is 11.3 Å². The van der Waals surface area contributed by atoms with Crippen molar-refractivity contribution in [3.63, 3.8) is 0 Å². The number of ketones is 1. The number of carbonyl (C=O) groups excluding carboxylic acids is 1. The van der Waals surface area contributed by atoms with Gasteiger partial charge >= 0.3 is 0 Å². The lowest BCUT2D eigenvalue weighted by molar-refractivity contribution is 0.104. The van der Waals surface area contributed by atoms with Gasteiger partial charge in [0.1, 0.15) is 17.4 Å². The van der Waals surface area contributed by atoms with Crippen molar-refractivity contribution in [1.82, 2.24) is 0 Å². The molecule has 0 N–H and O–H groups in total. The molecule has 0 radical (unpaired) electrons. The van der Waals surface area contributed by atoms with Crippen LogP contribution in [0.2, 0.25) is 0 Å². The normalized spacial score (nSPS) is 10.9. The number of para-hydroxylation sites is 1. The Morgan fingerprint density at radius 2 is 1.87 bits per heavy atom. The third kappa shape index (κ3) is 4.08. The molecule has 3 heteroatoms. The van der Waals surface area contributed by atoms with Gasteiger partial charge in [0.25, 0.3) is 0 Å². The summed E-state index contributed by atoms with van der Waals surface area (Å²) < 4.78 is 5.25. The lowest BCUT2D eigenvalue weighted by atomic mass is 9.99. The zero-order chi connectivity index (χ0) is 16.7. The average Bonchev–Trinajstić information content (AvgIpc) is 2.60. The lowest BCUT2D eigenvalue weighted by Gasteiger charge is -2.05. The van der Waals surface area contributed by atoms with Crippen LogP contribution in [0.1, 0.15) is 34.8 Å². The van der Waals surface area contributed by atoms with Gasteiger partial charge in [-0.15, -0.1) is 0 Å². The molecule has 3 nitrogen and oxygen atoms in total. The van der Waals surface area contributed by atoms with Crippen LogP contribution in [-0.2, 0) is 6.42 Å². The molecule has 0 aromatic heterocycles. The maximum Gasteiger partial charge on any atom is 0.203 e. The molecule has 0 amide bonds. The van der Waals surface area contributed by atoms with Crippen molar-refractivity contribution >= 4 is 11.9 Å². The molecular weight excluding hydrogens is 286 g/mol. The molecule has 0 atom stereocenters. The smallest absolute Gasteiger partial charge is 0.203 e. The van der Waals surface area contributed by atoms with Crippen LogP contribution in [-0.4, -0.2) is 12.9 Å². The molecule has 23 heavy (non-hydrogen) atoms. The number of ether oxygens (including phenoxy) is 1. The summed E-state index contributed by atoms with van der Waals surface area (Å²) in [4.78, 5) is 12.5. The molecule has 0 fully saturated rings. The fraction of sp³-hybridized carbons (Fsp3) is 0.200. The highest BCUT2D eigenvalue weighted by Crippen LogP contribution is 2.21. The van der Waals surface area contributed by atoms with E-state index in [1.807, 2.05) is 36.4 Å². The molecule has 0 unspecified atom stereocenters. The summed E-state index contributed by atoms with van der Waals surface area (Å²) >= 11 is 0. The summed E-state index contributed by atoms with van der Waals surface area (Å²) in [6.45, 7) is 2.11. The van der Waals surface area contributed by atoms with Crippen LogP contribution in [0.3, 0.4) is 0 Å². The van der Waals surface area contributed by atoms with Gasteiger partial charge in [0.2, 0.25) is 5.78 Å². The first-order chi connectivity index (χ1) is 11.2. The van der Waals surface area contributed by atoms with Gasteiger partial charge in [0, 0.05) is 11.1 Å². The van der Waals surface area contributed by atoms with Crippen LogP contribution < -0.4 is 4.74 Å². The number of hydrogen-bond donors (Lipinski definition) is 0. The lowest BCUT2D eigenvalue weighted by Crippen LogP contribution is -2.02. The standard InChI is InChI=1S/C20H19NO2/c1-3-6-15-9-11-16(12-10-15)20(22)18(14-21)13-17-7-4-5-8-19(17)23-2/h4-5,7-13H,3,6H2,1-2H3/b18-13+. The predicted molar refractivity (Wildman–Crippen MR) is 91.4 cm³/mol. The Morgan fingerprint density at radius 3 is 2.48 bits per heavy atom. The summed E-state index contributed by atoms with van der Waals surface area (Å²) in [5.74, 6) is 0.354. The number of rotatable bonds is 6. The molecule has 0 saturated heterocycles. The molecule has 0 aliphatic heterocycles. The Kier molecular flexibility index (Phi) is 5.71. The number of methoxy groups -OCH3 is 1. The van der Waals surface area contributed by atoms with Crippen molar-refractivity contribution in [3.8, 4) is 11.8 Å². The number of carbonyl (C=O) groups is 1. The number of hydrogen-bond acceptors (Lipinski definition) is 3. The quantitative estimate of drug-likeness (QED) is 0.450. The Morgan fingerprint density at radius 1 is 1.17 bits per heavy atom. The topological polar surface area (TPSA) is 50.1 Å². The fourth-order valence-electron chi connectivity index (χ4n) is 2.36. The number of nitriles is 1. The van der Waals surface area contributed by atoms with Crippen molar-refractivity contribution in [2.75, 3.05) is 7.11 Å². The molecule has 0 spiro atoms. The van der Waals surface area contributed by atoms with Gasteiger partial charge in [-0.1, -0.05) is 55.8 Å². The van der Waals surface area contributed by atoms with Crippen LogP contribution >= 0.6 is 0 Å².